The Morgan fingerprint density at radius 1 is 1.67 bits per heavy atom. The van der Waals surface area contributed by atoms with Gasteiger partial charge >= 0.3 is 0 Å². The van der Waals surface area contributed by atoms with E-state index in [2.05, 4.69) is 10.4 Å². The molecule has 0 saturated carbocycles. The van der Waals surface area contributed by atoms with Crippen molar-refractivity contribution in [3.63, 3.8) is 0 Å². The summed E-state index contributed by atoms with van der Waals surface area (Å²) in [5.74, 6) is 5.76. The van der Waals surface area contributed by atoms with Gasteiger partial charge in [-0.05, 0) is 12.1 Å². The Morgan fingerprint density at radius 3 is 2.83 bits per heavy atom. The molecule has 1 rings (SSSR count). The maximum Gasteiger partial charge on any atom is 0.164 e. The van der Waals surface area contributed by atoms with Gasteiger partial charge in [-0.2, -0.15) is 0 Å². The van der Waals surface area contributed by atoms with Crippen LogP contribution in [0.4, 0.5) is 5.82 Å². The van der Waals surface area contributed by atoms with Gasteiger partial charge in [0.1, 0.15) is 5.82 Å². The summed E-state index contributed by atoms with van der Waals surface area (Å²) in [5.41, 5.74) is 3.01. The maximum absolute atomic E-state index is 11.1. The summed E-state index contributed by atoms with van der Waals surface area (Å²) >= 11 is 0. The van der Waals surface area contributed by atoms with Crippen LogP contribution in [0.15, 0.2) is 18.3 Å². The summed E-state index contributed by atoms with van der Waals surface area (Å²) in [6, 6.07) is 3.37. The third kappa shape index (κ3) is 1.79. The molecule has 0 aliphatic heterocycles. The van der Waals surface area contributed by atoms with Crippen LogP contribution in [0, 0.1) is 0 Å². The van der Waals surface area contributed by atoms with Crippen molar-refractivity contribution in [3.8, 4) is 0 Å². The number of hydrogen-bond donors (Lipinski definition) is 2. The molecule has 3 N–H and O–H groups in total. The Labute approximate surface area is 70.8 Å². The van der Waals surface area contributed by atoms with Gasteiger partial charge in [-0.15, -0.1) is 0 Å². The van der Waals surface area contributed by atoms with Crippen LogP contribution in [-0.4, -0.2) is 10.8 Å². The van der Waals surface area contributed by atoms with Crippen molar-refractivity contribution in [2.45, 2.75) is 13.3 Å². The smallest absolute Gasteiger partial charge is 0.164 e. The minimum absolute atomic E-state index is 0.0890. The normalized spacial score (nSPS) is 9.50. The molecule has 0 radical (unpaired) electrons. The highest BCUT2D eigenvalue weighted by Crippen LogP contribution is 2.05. The Balaban J connectivity index is 2.84. The molecule has 0 amide bonds. The zero-order valence-corrected chi connectivity index (χ0v) is 6.87. The molecule has 0 aliphatic carbocycles. The van der Waals surface area contributed by atoms with Gasteiger partial charge in [-0.1, -0.05) is 6.92 Å². The number of nitrogens with one attached hydrogen (secondary N) is 1. The number of hydrazine groups is 1. The van der Waals surface area contributed by atoms with Crippen molar-refractivity contribution < 1.29 is 4.79 Å². The summed E-state index contributed by atoms with van der Waals surface area (Å²) in [6.07, 6.45) is 2.01. The average Bonchev–Trinajstić information content (AvgIpc) is 2.17. The predicted octanol–water partition coefficient (Wildman–Crippen LogP) is 0.960. The second-order valence-corrected chi connectivity index (χ2v) is 2.35. The van der Waals surface area contributed by atoms with Gasteiger partial charge in [0.2, 0.25) is 0 Å². The zero-order chi connectivity index (χ0) is 8.97. The molecule has 0 saturated heterocycles. The lowest BCUT2D eigenvalue weighted by Gasteiger charge is -1.99. The van der Waals surface area contributed by atoms with Crippen LogP contribution in [-0.2, 0) is 0 Å². The van der Waals surface area contributed by atoms with Crippen LogP contribution in [0.25, 0.3) is 0 Å². The number of nitrogen functional groups attached to an aromatic ring is 1. The Hall–Kier alpha value is -1.42. The summed E-state index contributed by atoms with van der Waals surface area (Å²) < 4.78 is 0. The molecular formula is C8H11N3O. The molecule has 0 unspecified atom stereocenters. The van der Waals surface area contributed by atoms with Crippen LogP contribution < -0.4 is 11.3 Å². The Kier molecular flexibility index (Phi) is 2.76. The van der Waals surface area contributed by atoms with Crippen LogP contribution in [0.2, 0.25) is 0 Å². The SMILES string of the molecule is CCC(=O)c1ccc(NN)nc1. The van der Waals surface area contributed by atoms with E-state index in [4.69, 9.17) is 5.84 Å². The lowest BCUT2D eigenvalue weighted by atomic mass is 10.1. The molecule has 0 spiro atoms. The highest BCUT2D eigenvalue weighted by atomic mass is 16.1. The van der Waals surface area contributed by atoms with Crippen LogP contribution in [0.3, 0.4) is 0 Å². The van der Waals surface area contributed by atoms with Crippen LogP contribution in [0.1, 0.15) is 23.7 Å². The lowest BCUT2D eigenvalue weighted by Crippen LogP contribution is -2.08. The van der Waals surface area contributed by atoms with Gasteiger partial charge in [0.25, 0.3) is 0 Å². The number of pyridine rings is 1. The minimum Gasteiger partial charge on any atom is -0.308 e. The minimum atomic E-state index is 0.0890. The molecule has 0 fully saturated rings. The van der Waals surface area contributed by atoms with Crippen molar-refractivity contribution in [2.24, 2.45) is 5.84 Å². The molecule has 1 aromatic rings. The molecule has 0 bridgehead atoms. The molecular weight excluding hydrogens is 154 g/mol. The number of Topliss-reactive ketones (excluding diaryl/α,β-unsaturated/α-hetero) is 1. The number of carbonyl (C=O) groups excluding carboxylic acids is 1. The molecule has 0 aliphatic rings. The first-order chi connectivity index (χ1) is 5.77. The van der Waals surface area contributed by atoms with E-state index in [1.807, 2.05) is 6.92 Å². The standard InChI is InChI=1S/C8H11N3O/c1-2-7(12)6-3-4-8(11-9)10-5-6/h3-5H,2,9H2,1H3,(H,10,11). The van der Waals surface area contributed by atoms with Crippen LogP contribution in [0.5, 0.6) is 0 Å². The summed E-state index contributed by atoms with van der Waals surface area (Å²) in [4.78, 5) is 15.0. The topological polar surface area (TPSA) is 68.0 Å². The van der Waals surface area contributed by atoms with E-state index >= 15 is 0 Å². The summed E-state index contributed by atoms with van der Waals surface area (Å²) in [7, 11) is 0. The van der Waals surface area contributed by atoms with Gasteiger partial charge < -0.3 is 5.43 Å². The fourth-order valence-corrected chi connectivity index (χ4v) is 0.848. The summed E-state index contributed by atoms with van der Waals surface area (Å²) in [6.45, 7) is 1.82. The molecule has 12 heavy (non-hydrogen) atoms. The summed E-state index contributed by atoms with van der Waals surface area (Å²) in [5, 5.41) is 0. The highest BCUT2D eigenvalue weighted by molar-refractivity contribution is 5.95. The van der Waals surface area contributed by atoms with Crippen molar-refractivity contribution in [1.82, 2.24) is 4.98 Å². The number of nitrogens with two attached hydrogens (primary N) is 1. The third-order valence-corrected chi connectivity index (χ3v) is 1.55. The van der Waals surface area contributed by atoms with Crippen molar-refractivity contribution >= 4 is 11.6 Å². The van der Waals surface area contributed by atoms with E-state index in [1.54, 1.807) is 12.1 Å². The lowest BCUT2D eigenvalue weighted by molar-refractivity contribution is 0.0988. The molecule has 1 aromatic heterocycles. The van der Waals surface area contributed by atoms with E-state index in [9.17, 15) is 4.79 Å². The molecule has 64 valence electrons. The molecule has 4 nitrogen and oxygen atoms in total. The first-order valence-corrected chi connectivity index (χ1v) is 3.73. The number of rotatable bonds is 3. The Bertz CT molecular complexity index is 268. The number of ketones is 1. The third-order valence-electron chi connectivity index (χ3n) is 1.55. The van der Waals surface area contributed by atoms with Crippen molar-refractivity contribution in [2.75, 3.05) is 5.43 Å². The van der Waals surface area contributed by atoms with E-state index in [1.165, 1.54) is 6.20 Å². The maximum atomic E-state index is 11.1. The van der Waals surface area contributed by atoms with Gasteiger partial charge in [0.05, 0.1) is 0 Å². The van der Waals surface area contributed by atoms with E-state index < -0.39 is 0 Å². The van der Waals surface area contributed by atoms with E-state index in [0.717, 1.165) is 0 Å². The monoisotopic (exact) mass is 165 g/mol. The molecule has 0 aromatic carbocycles. The van der Waals surface area contributed by atoms with Crippen LogP contribution >= 0.6 is 0 Å². The first kappa shape index (κ1) is 8.67. The van der Waals surface area contributed by atoms with E-state index in [-0.39, 0.29) is 5.78 Å². The largest absolute Gasteiger partial charge is 0.308 e. The van der Waals surface area contributed by atoms with E-state index in [0.29, 0.717) is 17.8 Å². The predicted molar refractivity (Wildman–Crippen MR) is 46.7 cm³/mol. The van der Waals surface area contributed by atoms with Gasteiger partial charge in [0.15, 0.2) is 5.78 Å². The Morgan fingerprint density at radius 2 is 2.42 bits per heavy atom. The van der Waals surface area contributed by atoms with Gasteiger partial charge in [0, 0.05) is 18.2 Å². The molecule has 4 heteroatoms. The molecule has 1 heterocycles. The number of hydrogen-bond acceptors (Lipinski definition) is 4. The second-order valence-electron chi connectivity index (χ2n) is 2.35. The average molecular weight is 165 g/mol. The van der Waals surface area contributed by atoms with Crippen molar-refractivity contribution in [3.05, 3.63) is 23.9 Å². The molecule has 0 atom stereocenters. The quantitative estimate of drug-likeness (QED) is 0.397. The van der Waals surface area contributed by atoms with Gasteiger partial charge in [-0.25, -0.2) is 10.8 Å². The fraction of sp³-hybridized carbons (Fsp3) is 0.250. The number of aromatic nitrogens is 1. The number of carbonyl (C=O) groups is 1. The zero-order valence-electron chi connectivity index (χ0n) is 6.87. The number of anilines is 1. The highest BCUT2D eigenvalue weighted by Gasteiger charge is 2.01. The van der Waals surface area contributed by atoms with Crippen molar-refractivity contribution in [1.29, 1.82) is 0 Å². The second kappa shape index (κ2) is 3.82. The fourth-order valence-electron chi connectivity index (χ4n) is 0.848. The van der Waals surface area contributed by atoms with Gasteiger partial charge in [-0.3, -0.25) is 4.79 Å². The first-order valence-electron chi connectivity index (χ1n) is 3.73. The number of nitrogens with zero attached hydrogens (tertiary/aromatic N) is 1.